The van der Waals surface area contributed by atoms with Crippen molar-refractivity contribution in [2.45, 2.75) is 49.9 Å². The van der Waals surface area contributed by atoms with E-state index in [9.17, 15) is 14.0 Å². The van der Waals surface area contributed by atoms with Crippen LogP contribution in [0, 0.1) is 5.82 Å². The van der Waals surface area contributed by atoms with Gasteiger partial charge in [-0.2, -0.15) is 0 Å². The monoisotopic (exact) mass is 646 g/mol. The SMILES string of the molecule is O=C(NCCCN1CCN(c2ccccc2F)CC1)c1ccc(/C=C2/SC3CCCCC3N(Cc3cccc(Cl)c3)C2=O)cc1. The van der Waals surface area contributed by atoms with Gasteiger partial charge in [-0.05, 0) is 79.4 Å². The van der Waals surface area contributed by atoms with Crippen molar-refractivity contribution in [3.63, 3.8) is 0 Å². The molecule has 1 N–H and O–H groups in total. The van der Waals surface area contributed by atoms with E-state index in [1.54, 1.807) is 17.8 Å². The summed E-state index contributed by atoms with van der Waals surface area (Å²) in [7, 11) is 0. The van der Waals surface area contributed by atoms with Crippen molar-refractivity contribution in [3.05, 3.63) is 105 Å². The van der Waals surface area contributed by atoms with Crippen LogP contribution in [0.2, 0.25) is 5.02 Å². The number of benzene rings is 3. The number of halogens is 2. The Morgan fingerprint density at radius 3 is 2.53 bits per heavy atom. The molecule has 2 aliphatic heterocycles. The van der Waals surface area contributed by atoms with Gasteiger partial charge in [0.2, 0.25) is 0 Å². The lowest BCUT2D eigenvalue weighted by atomic mass is 9.92. The topological polar surface area (TPSA) is 55.9 Å². The van der Waals surface area contributed by atoms with E-state index in [4.69, 9.17) is 11.6 Å². The molecule has 6 nitrogen and oxygen atoms in total. The zero-order valence-corrected chi connectivity index (χ0v) is 27.0. The van der Waals surface area contributed by atoms with E-state index >= 15 is 0 Å². The second kappa shape index (κ2) is 14.8. The molecule has 9 heteroatoms. The van der Waals surface area contributed by atoms with E-state index in [0.29, 0.717) is 34.6 Å². The molecule has 3 fully saturated rings. The van der Waals surface area contributed by atoms with Gasteiger partial charge >= 0.3 is 0 Å². The average Bonchev–Trinajstić information content (AvgIpc) is 3.06. The summed E-state index contributed by atoms with van der Waals surface area (Å²) < 4.78 is 14.1. The fourth-order valence-corrected chi connectivity index (χ4v) is 8.29. The van der Waals surface area contributed by atoms with Crippen LogP contribution in [-0.2, 0) is 11.3 Å². The normalized spacial score (nSPS) is 21.6. The summed E-state index contributed by atoms with van der Waals surface area (Å²) in [5.74, 6) is -0.202. The summed E-state index contributed by atoms with van der Waals surface area (Å²) >= 11 is 7.95. The molecule has 2 amide bonds. The molecule has 2 saturated heterocycles. The largest absolute Gasteiger partial charge is 0.367 e. The lowest BCUT2D eigenvalue weighted by Crippen LogP contribution is -2.50. The standard InChI is InChI=1S/C36H40ClFN4O2S/c37-29-8-5-7-27(23-29)25-42-32-11-3-4-12-33(32)45-34(36(42)44)24-26-13-15-28(16-14-26)35(43)39-17-6-18-40-19-21-41(22-20-40)31-10-2-1-9-30(31)38/h1-2,5,7-10,13-16,23-24,32-33H,3-4,6,11-12,17-22,25H2,(H,39,43)/b34-24+. The third-order valence-electron chi connectivity index (χ3n) is 9.03. The summed E-state index contributed by atoms with van der Waals surface area (Å²) in [5.41, 5.74) is 3.23. The molecular weight excluding hydrogens is 607 g/mol. The summed E-state index contributed by atoms with van der Waals surface area (Å²) in [6, 6.07) is 22.4. The van der Waals surface area contributed by atoms with Crippen LogP contribution in [0.15, 0.2) is 77.7 Å². The Bertz CT molecular complexity index is 1530. The number of anilines is 1. The van der Waals surface area contributed by atoms with E-state index in [2.05, 4.69) is 15.1 Å². The molecule has 6 rings (SSSR count). The highest BCUT2D eigenvalue weighted by Crippen LogP contribution is 2.42. The number of nitrogens with zero attached hydrogens (tertiary/aromatic N) is 3. The zero-order valence-electron chi connectivity index (χ0n) is 25.5. The second-order valence-electron chi connectivity index (χ2n) is 12.1. The zero-order chi connectivity index (χ0) is 31.2. The van der Waals surface area contributed by atoms with Crippen LogP contribution in [0.1, 0.15) is 53.6 Å². The first kappa shape index (κ1) is 31.6. The van der Waals surface area contributed by atoms with Crippen molar-refractivity contribution in [2.24, 2.45) is 0 Å². The molecule has 3 aliphatic rings. The molecular formula is C36H40ClFN4O2S. The molecule has 3 aromatic rings. The first-order valence-electron chi connectivity index (χ1n) is 16.0. The third kappa shape index (κ3) is 7.91. The maximum absolute atomic E-state index is 14.1. The van der Waals surface area contributed by atoms with Gasteiger partial charge in [-0.3, -0.25) is 14.5 Å². The van der Waals surface area contributed by atoms with Gasteiger partial charge in [0.25, 0.3) is 11.8 Å². The van der Waals surface area contributed by atoms with Crippen molar-refractivity contribution in [1.29, 1.82) is 0 Å². The minimum absolute atomic E-state index is 0.0681. The Hall–Kier alpha value is -3.33. The molecule has 3 aromatic carbocycles. The van der Waals surface area contributed by atoms with E-state index in [1.807, 2.05) is 71.6 Å². The minimum Gasteiger partial charge on any atom is -0.367 e. The fourth-order valence-electron chi connectivity index (χ4n) is 6.60. The molecule has 2 heterocycles. The van der Waals surface area contributed by atoms with Gasteiger partial charge in [-0.1, -0.05) is 60.8 Å². The molecule has 0 radical (unpaired) electrons. The van der Waals surface area contributed by atoms with Crippen molar-refractivity contribution >= 4 is 46.9 Å². The number of piperazine rings is 1. The summed E-state index contributed by atoms with van der Waals surface area (Å²) in [6.07, 6.45) is 7.30. The highest BCUT2D eigenvalue weighted by molar-refractivity contribution is 8.04. The molecule has 2 unspecified atom stereocenters. The number of fused-ring (bicyclic) bond motifs is 1. The summed E-state index contributed by atoms with van der Waals surface area (Å²) in [4.78, 5) is 33.8. The van der Waals surface area contributed by atoms with E-state index < -0.39 is 0 Å². The van der Waals surface area contributed by atoms with Crippen LogP contribution in [-0.4, -0.2) is 72.2 Å². The number of amides is 2. The van der Waals surface area contributed by atoms with Crippen molar-refractivity contribution in [2.75, 3.05) is 44.2 Å². The van der Waals surface area contributed by atoms with Crippen LogP contribution in [0.25, 0.3) is 6.08 Å². The smallest absolute Gasteiger partial charge is 0.260 e. The molecule has 45 heavy (non-hydrogen) atoms. The Morgan fingerprint density at radius 1 is 0.978 bits per heavy atom. The van der Waals surface area contributed by atoms with Crippen LogP contribution >= 0.6 is 23.4 Å². The van der Waals surface area contributed by atoms with Gasteiger partial charge in [0, 0.05) is 61.1 Å². The third-order valence-corrected chi connectivity index (χ3v) is 10.7. The van der Waals surface area contributed by atoms with Gasteiger partial charge in [0.05, 0.1) is 10.6 Å². The van der Waals surface area contributed by atoms with Crippen LogP contribution in [0.3, 0.4) is 0 Å². The quantitative estimate of drug-likeness (QED) is 0.204. The van der Waals surface area contributed by atoms with E-state index in [0.717, 1.165) is 74.4 Å². The Kier molecular flexibility index (Phi) is 10.4. The molecule has 1 saturated carbocycles. The number of hydrogen-bond donors (Lipinski definition) is 1. The Morgan fingerprint density at radius 2 is 1.76 bits per heavy atom. The molecule has 236 valence electrons. The van der Waals surface area contributed by atoms with Gasteiger partial charge in [0.15, 0.2) is 0 Å². The first-order chi connectivity index (χ1) is 21.9. The number of rotatable bonds is 9. The number of carbonyl (C=O) groups is 2. The summed E-state index contributed by atoms with van der Waals surface area (Å²) in [6.45, 7) is 5.37. The van der Waals surface area contributed by atoms with Crippen molar-refractivity contribution in [3.8, 4) is 0 Å². The maximum Gasteiger partial charge on any atom is 0.260 e. The van der Waals surface area contributed by atoms with E-state index in [-0.39, 0.29) is 23.7 Å². The van der Waals surface area contributed by atoms with Gasteiger partial charge in [-0.15, -0.1) is 11.8 Å². The average molecular weight is 647 g/mol. The van der Waals surface area contributed by atoms with Crippen LogP contribution in [0.5, 0.6) is 0 Å². The van der Waals surface area contributed by atoms with Crippen LogP contribution < -0.4 is 10.2 Å². The maximum atomic E-state index is 14.1. The predicted octanol–water partition coefficient (Wildman–Crippen LogP) is 6.85. The number of hydrogen-bond acceptors (Lipinski definition) is 5. The molecule has 0 bridgehead atoms. The Labute approximate surface area is 274 Å². The fraction of sp³-hybridized carbons (Fsp3) is 0.389. The molecule has 0 aromatic heterocycles. The van der Waals surface area contributed by atoms with Gasteiger partial charge < -0.3 is 15.1 Å². The number of para-hydroxylation sites is 1. The minimum atomic E-state index is -0.172. The van der Waals surface area contributed by atoms with E-state index in [1.165, 1.54) is 12.5 Å². The highest BCUT2D eigenvalue weighted by atomic mass is 35.5. The predicted molar refractivity (Wildman–Crippen MR) is 182 cm³/mol. The Balaban J connectivity index is 0.997. The van der Waals surface area contributed by atoms with Gasteiger partial charge in [-0.25, -0.2) is 4.39 Å². The van der Waals surface area contributed by atoms with Crippen molar-refractivity contribution in [1.82, 2.24) is 15.1 Å². The number of nitrogens with one attached hydrogen (secondary N) is 1. The lowest BCUT2D eigenvalue weighted by Gasteiger charge is -2.44. The molecule has 2 atom stereocenters. The summed E-state index contributed by atoms with van der Waals surface area (Å²) in [5, 5.41) is 4.11. The van der Waals surface area contributed by atoms with Crippen molar-refractivity contribution < 1.29 is 14.0 Å². The second-order valence-corrected chi connectivity index (χ2v) is 13.8. The molecule has 1 aliphatic carbocycles. The highest BCUT2D eigenvalue weighted by Gasteiger charge is 2.40. The van der Waals surface area contributed by atoms with Gasteiger partial charge in [0.1, 0.15) is 5.82 Å². The number of carbonyl (C=O) groups excluding carboxylic acids is 2. The number of thioether (sulfide) groups is 1. The molecule has 0 spiro atoms. The first-order valence-corrected chi connectivity index (χ1v) is 17.2. The lowest BCUT2D eigenvalue weighted by molar-refractivity contribution is -0.130. The van der Waals surface area contributed by atoms with Crippen LogP contribution in [0.4, 0.5) is 10.1 Å².